The first-order valence-electron chi connectivity index (χ1n) is 8.43. The second kappa shape index (κ2) is 7.15. The summed E-state index contributed by atoms with van der Waals surface area (Å²) in [7, 11) is 0. The van der Waals surface area contributed by atoms with E-state index >= 15 is 0 Å². The van der Waals surface area contributed by atoms with E-state index in [1.165, 1.54) is 10.1 Å². The minimum atomic E-state index is -0.360. The predicted molar refractivity (Wildman–Crippen MR) is 96.1 cm³/mol. The molecule has 1 aromatic carbocycles. The zero-order valence-electron chi connectivity index (χ0n) is 14.1. The summed E-state index contributed by atoms with van der Waals surface area (Å²) in [6.07, 6.45) is 2.65. The Morgan fingerprint density at radius 2 is 1.96 bits per heavy atom. The predicted octanol–water partition coefficient (Wildman–Crippen LogP) is 0.884. The quantitative estimate of drug-likeness (QED) is 0.851. The molecule has 2 atom stereocenters. The Bertz CT molecular complexity index is 740. The molecule has 6 heteroatoms. The van der Waals surface area contributed by atoms with Crippen LogP contribution in [0.5, 0.6) is 0 Å². The van der Waals surface area contributed by atoms with Gasteiger partial charge in [-0.05, 0) is 48.6 Å². The summed E-state index contributed by atoms with van der Waals surface area (Å²) in [4.78, 5) is 18.1. The van der Waals surface area contributed by atoms with E-state index in [1.54, 1.807) is 12.3 Å². The maximum Gasteiger partial charge on any atom is 0.354 e. The van der Waals surface area contributed by atoms with Gasteiger partial charge in [0.2, 0.25) is 0 Å². The summed E-state index contributed by atoms with van der Waals surface area (Å²) in [6.45, 7) is 6.33. The fourth-order valence-corrected chi connectivity index (χ4v) is 3.36. The molecule has 0 bridgehead atoms. The third-order valence-corrected chi connectivity index (χ3v) is 4.90. The Morgan fingerprint density at radius 1 is 1.21 bits per heavy atom. The number of rotatable bonds is 5. The van der Waals surface area contributed by atoms with E-state index in [9.17, 15) is 4.79 Å². The van der Waals surface area contributed by atoms with Crippen molar-refractivity contribution in [3.05, 3.63) is 52.6 Å². The molecule has 0 amide bonds. The molecule has 0 aliphatic carbocycles. The van der Waals surface area contributed by atoms with Crippen LogP contribution in [0.15, 0.2) is 41.3 Å². The van der Waals surface area contributed by atoms with E-state index < -0.39 is 0 Å². The third kappa shape index (κ3) is 3.66. The van der Waals surface area contributed by atoms with Gasteiger partial charge in [-0.1, -0.05) is 19.1 Å². The number of hydrogen-bond donors (Lipinski definition) is 2. The SMILES string of the molecule is CC1CN(CCc2ccc(-n3ccc(N)nc3=O)cc2)C[C@H]1CN. The molecule has 128 valence electrons. The van der Waals surface area contributed by atoms with E-state index in [2.05, 4.69) is 28.9 Å². The average Bonchev–Trinajstić information content (AvgIpc) is 2.94. The number of benzene rings is 1. The molecule has 1 aliphatic heterocycles. The summed E-state index contributed by atoms with van der Waals surface area (Å²) < 4.78 is 1.49. The fourth-order valence-electron chi connectivity index (χ4n) is 3.36. The van der Waals surface area contributed by atoms with Crippen LogP contribution in [0.4, 0.5) is 5.82 Å². The lowest BCUT2D eigenvalue weighted by Crippen LogP contribution is -2.25. The molecule has 1 unspecified atom stereocenters. The van der Waals surface area contributed by atoms with Crippen molar-refractivity contribution < 1.29 is 0 Å². The number of aromatic nitrogens is 2. The highest BCUT2D eigenvalue weighted by Gasteiger charge is 2.27. The van der Waals surface area contributed by atoms with Crippen molar-refractivity contribution in [2.24, 2.45) is 17.6 Å². The lowest BCUT2D eigenvalue weighted by molar-refractivity contribution is 0.327. The van der Waals surface area contributed by atoms with Gasteiger partial charge in [-0.2, -0.15) is 4.98 Å². The second-order valence-electron chi connectivity index (χ2n) is 6.65. The van der Waals surface area contributed by atoms with Gasteiger partial charge < -0.3 is 16.4 Å². The summed E-state index contributed by atoms with van der Waals surface area (Å²) in [5.41, 5.74) is 13.0. The van der Waals surface area contributed by atoms with Gasteiger partial charge in [0.15, 0.2) is 0 Å². The van der Waals surface area contributed by atoms with E-state index in [4.69, 9.17) is 11.5 Å². The van der Waals surface area contributed by atoms with Crippen LogP contribution < -0.4 is 17.2 Å². The van der Waals surface area contributed by atoms with Gasteiger partial charge in [-0.15, -0.1) is 0 Å². The van der Waals surface area contributed by atoms with Crippen LogP contribution in [0.2, 0.25) is 0 Å². The Hall–Kier alpha value is -2.18. The van der Waals surface area contributed by atoms with Crippen LogP contribution >= 0.6 is 0 Å². The van der Waals surface area contributed by atoms with Gasteiger partial charge in [-0.25, -0.2) is 4.79 Å². The molecule has 0 spiro atoms. The number of anilines is 1. The number of nitrogen functional groups attached to an aromatic ring is 1. The first kappa shape index (κ1) is 16.7. The zero-order valence-corrected chi connectivity index (χ0v) is 14.1. The molecule has 6 nitrogen and oxygen atoms in total. The molecule has 1 aromatic heterocycles. The van der Waals surface area contributed by atoms with E-state index in [1.807, 2.05) is 12.1 Å². The highest BCUT2D eigenvalue weighted by molar-refractivity contribution is 5.36. The average molecular weight is 327 g/mol. The Labute approximate surface area is 142 Å². The highest BCUT2D eigenvalue weighted by Crippen LogP contribution is 2.22. The first-order valence-corrected chi connectivity index (χ1v) is 8.43. The number of hydrogen-bond acceptors (Lipinski definition) is 5. The van der Waals surface area contributed by atoms with Gasteiger partial charge in [0.25, 0.3) is 0 Å². The van der Waals surface area contributed by atoms with E-state index in [-0.39, 0.29) is 11.5 Å². The summed E-state index contributed by atoms with van der Waals surface area (Å²) >= 11 is 0. The maximum atomic E-state index is 11.9. The maximum absolute atomic E-state index is 11.9. The molecule has 0 radical (unpaired) electrons. The molecule has 1 aliphatic rings. The molecule has 4 N–H and O–H groups in total. The molecule has 2 aromatic rings. The van der Waals surface area contributed by atoms with Crippen molar-refractivity contribution in [3.8, 4) is 5.69 Å². The summed E-state index contributed by atoms with van der Waals surface area (Å²) in [5.74, 6) is 1.54. The topological polar surface area (TPSA) is 90.2 Å². The summed E-state index contributed by atoms with van der Waals surface area (Å²) in [6, 6.07) is 9.65. The monoisotopic (exact) mass is 327 g/mol. The largest absolute Gasteiger partial charge is 0.383 e. The second-order valence-corrected chi connectivity index (χ2v) is 6.65. The van der Waals surface area contributed by atoms with Crippen LogP contribution in [0, 0.1) is 11.8 Å². The zero-order chi connectivity index (χ0) is 17.1. The van der Waals surface area contributed by atoms with Gasteiger partial charge in [-0.3, -0.25) is 4.57 Å². The van der Waals surface area contributed by atoms with Crippen LogP contribution in [-0.2, 0) is 6.42 Å². The Morgan fingerprint density at radius 3 is 2.58 bits per heavy atom. The third-order valence-electron chi connectivity index (χ3n) is 4.90. The van der Waals surface area contributed by atoms with Crippen LogP contribution in [0.25, 0.3) is 5.69 Å². The van der Waals surface area contributed by atoms with Crippen molar-refractivity contribution in [2.45, 2.75) is 13.3 Å². The van der Waals surface area contributed by atoms with E-state index in [0.29, 0.717) is 11.8 Å². The lowest BCUT2D eigenvalue weighted by atomic mass is 9.99. The van der Waals surface area contributed by atoms with Crippen molar-refractivity contribution in [3.63, 3.8) is 0 Å². The van der Waals surface area contributed by atoms with Crippen molar-refractivity contribution >= 4 is 5.82 Å². The standard InChI is InChI=1S/C18H25N5O/c1-13-11-22(12-15(13)10-19)8-6-14-2-4-16(5-3-14)23-9-7-17(20)21-18(23)24/h2-5,7,9,13,15H,6,8,10-12,19H2,1H3,(H2,20,21,24)/t13?,15-/m1/s1. The molecular weight excluding hydrogens is 302 g/mol. The van der Waals surface area contributed by atoms with Crippen LogP contribution in [-0.4, -0.2) is 40.6 Å². The smallest absolute Gasteiger partial charge is 0.354 e. The van der Waals surface area contributed by atoms with Crippen molar-refractivity contribution in [2.75, 3.05) is 31.9 Å². The molecule has 1 fully saturated rings. The normalized spacial score (nSPS) is 21.2. The minimum Gasteiger partial charge on any atom is -0.383 e. The van der Waals surface area contributed by atoms with Crippen LogP contribution in [0.3, 0.4) is 0 Å². The van der Waals surface area contributed by atoms with Gasteiger partial charge in [0, 0.05) is 25.8 Å². The molecular formula is C18H25N5O. The number of likely N-dealkylation sites (tertiary alicyclic amines) is 1. The molecule has 2 heterocycles. The molecule has 0 saturated carbocycles. The first-order chi connectivity index (χ1) is 11.6. The highest BCUT2D eigenvalue weighted by atomic mass is 16.1. The molecule has 3 rings (SSSR count). The summed E-state index contributed by atoms with van der Waals surface area (Å²) in [5, 5.41) is 0. The Kier molecular flexibility index (Phi) is 4.97. The lowest BCUT2D eigenvalue weighted by Gasteiger charge is -2.15. The number of nitrogens with zero attached hydrogens (tertiary/aromatic N) is 3. The van der Waals surface area contributed by atoms with Gasteiger partial charge >= 0.3 is 5.69 Å². The Balaban J connectivity index is 1.62. The minimum absolute atomic E-state index is 0.239. The number of nitrogens with two attached hydrogens (primary N) is 2. The molecule has 24 heavy (non-hydrogen) atoms. The van der Waals surface area contributed by atoms with Crippen molar-refractivity contribution in [1.29, 1.82) is 0 Å². The van der Waals surface area contributed by atoms with Gasteiger partial charge in [0.1, 0.15) is 5.82 Å². The van der Waals surface area contributed by atoms with Gasteiger partial charge in [0.05, 0.1) is 5.69 Å². The fraction of sp³-hybridized carbons (Fsp3) is 0.444. The van der Waals surface area contributed by atoms with Crippen molar-refractivity contribution in [1.82, 2.24) is 14.5 Å². The molecule has 1 saturated heterocycles. The van der Waals surface area contributed by atoms with E-state index in [0.717, 1.165) is 38.3 Å². The van der Waals surface area contributed by atoms with Crippen LogP contribution in [0.1, 0.15) is 12.5 Å².